The molecule has 0 unspecified atom stereocenters. The van der Waals surface area contributed by atoms with Crippen molar-refractivity contribution in [3.63, 3.8) is 0 Å². The summed E-state index contributed by atoms with van der Waals surface area (Å²) < 4.78 is 25.8. The van der Waals surface area contributed by atoms with Crippen LogP contribution in [-0.4, -0.2) is 37.3 Å². The summed E-state index contributed by atoms with van der Waals surface area (Å²) in [6.07, 6.45) is 1.53. The zero-order valence-electron chi connectivity index (χ0n) is 12.0. The second-order valence-corrected chi connectivity index (χ2v) is 7.16. The summed E-state index contributed by atoms with van der Waals surface area (Å²) in [4.78, 5) is 3.27. The van der Waals surface area contributed by atoms with Crippen molar-refractivity contribution in [1.82, 2.24) is 14.6 Å². The van der Waals surface area contributed by atoms with Crippen molar-refractivity contribution in [3.8, 4) is 0 Å². The molecule has 1 rings (SSSR count). The highest BCUT2D eigenvalue weighted by molar-refractivity contribution is 7.89. The molecule has 2 N–H and O–H groups in total. The lowest BCUT2D eigenvalue weighted by atomic mass is 10.3. The fourth-order valence-electron chi connectivity index (χ4n) is 1.63. The first-order valence-corrected chi connectivity index (χ1v) is 7.69. The molecule has 0 fully saturated rings. The van der Waals surface area contributed by atoms with Gasteiger partial charge in [-0.2, -0.15) is 4.31 Å². The van der Waals surface area contributed by atoms with Gasteiger partial charge in [-0.25, -0.2) is 8.42 Å². The smallest absolute Gasteiger partial charge is 0.244 e. The van der Waals surface area contributed by atoms with Gasteiger partial charge in [0.15, 0.2) is 0 Å². The normalized spacial score (nSPS) is 12.3. The lowest BCUT2D eigenvalue weighted by Crippen LogP contribution is -2.28. The van der Waals surface area contributed by atoms with Crippen LogP contribution in [0.5, 0.6) is 0 Å². The number of sulfonamides is 1. The maximum atomic E-state index is 12.3. The van der Waals surface area contributed by atoms with Crippen molar-refractivity contribution in [2.45, 2.75) is 38.3 Å². The summed E-state index contributed by atoms with van der Waals surface area (Å²) in [5, 5.41) is 3.23. The molecule has 1 aromatic heterocycles. The molecule has 1 heterocycles. The minimum atomic E-state index is -3.44. The molecule has 6 heteroatoms. The summed E-state index contributed by atoms with van der Waals surface area (Å²) >= 11 is 0. The van der Waals surface area contributed by atoms with Gasteiger partial charge in [-0.15, -0.1) is 0 Å². The molecular weight excluding hydrogens is 262 g/mol. The average Bonchev–Trinajstić information content (AvgIpc) is 2.74. The van der Waals surface area contributed by atoms with E-state index in [1.165, 1.54) is 10.5 Å². The van der Waals surface area contributed by atoms with Crippen LogP contribution in [-0.2, 0) is 16.6 Å². The molecule has 0 aliphatic carbocycles. The molecule has 0 saturated carbocycles. The fourth-order valence-corrected chi connectivity index (χ4v) is 2.88. The molecule has 5 nitrogen and oxygen atoms in total. The van der Waals surface area contributed by atoms with Crippen molar-refractivity contribution in [2.24, 2.45) is 0 Å². The predicted molar refractivity (Wildman–Crippen MR) is 77.4 cm³/mol. The van der Waals surface area contributed by atoms with Crippen LogP contribution in [0.3, 0.4) is 0 Å². The first-order chi connectivity index (χ1) is 8.73. The summed E-state index contributed by atoms with van der Waals surface area (Å²) in [6, 6.07) is 2.02. The number of nitrogens with one attached hydrogen (secondary N) is 2. The number of aromatic amines is 1. The average molecular weight is 285 g/mol. The highest BCUT2D eigenvalue weighted by Gasteiger charge is 2.21. The van der Waals surface area contributed by atoms with E-state index in [0.717, 1.165) is 11.3 Å². The number of hydrogen-bond donors (Lipinski definition) is 2. The third-order valence-corrected chi connectivity index (χ3v) is 4.40. The molecule has 0 amide bonds. The number of H-pyrrole nitrogens is 1. The van der Waals surface area contributed by atoms with Gasteiger partial charge >= 0.3 is 0 Å². The largest absolute Gasteiger partial charge is 0.363 e. The minimum absolute atomic E-state index is 0.289. The number of aromatic nitrogens is 1. The van der Waals surface area contributed by atoms with Crippen LogP contribution in [0.4, 0.5) is 0 Å². The maximum absolute atomic E-state index is 12.3. The molecule has 108 valence electrons. The molecule has 0 aliphatic rings. The van der Waals surface area contributed by atoms with Crippen LogP contribution in [0.15, 0.2) is 29.3 Å². The molecule has 0 bridgehead atoms. The van der Waals surface area contributed by atoms with Gasteiger partial charge in [0.25, 0.3) is 0 Å². The second-order valence-electron chi connectivity index (χ2n) is 5.11. The van der Waals surface area contributed by atoms with Crippen LogP contribution in [0, 0.1) is 0 Å². The molecular formula is C13H23N3O2S. The van der Waals surface area contributed by atoms with Crippen molar-refractivity contribution in [1.29, 1.82) is 0 Å². The standard InChI is InChI=1S/C13H23N3O2S/c1-10(2)9-16(5)19(17,18)13-6-12(15-8-13)7-14-11(3)4/h6,8,11,14-15H,1,7,9H2,2-5H3. The first kappa shape index (κ1) is 15.9. The molecule has 0 aromatic carbocycles. The summed E-state index contributed by atoms with van der Waals surface area (Å²) in [5.74, 6) is 0. The first-order valence-electron chi connectivity index (χ1n) is 6.25. The summed E-state index contributed by atoms with van der Waals surface area (Å²) in [6.45, 7) is 10.6. The van der Waals surface area contributed by atoms with E-state index in [1.807, 2.05) is 13.8 Å². The fraction of sp³-hybridized carbons (Fsp3) is 0.538. The number of rotatable bonds is 7. The van der Waals surface area contributed by atoms with Crippen LogP contribution in [0.1, 0.15) is 26.5 Å². The van der Waals surface area contributed by atoms with Crippen molar-refractivity contribution in [3.05, 3.63) is 30.1 Å². The van der Waals surface area contributed by atoms with E-state index in [4.69, 9.17) is 0 Å². The third kappa shape index (κ3) is 4.49. The molecule has 0 radical (unpaired) electrons. The summed E-state index contributed by atoms with van der Waals surface area (Å²) in [5.41, 5.74) is 1.67. The van der Waals surface area contributed by atoms with Crippen molar-refractivity contribution < 1.29 is 8.42 Å². The van der Waals surface area contributed by atoms with E-state index in [-0.39, 0.29) is 4.90 Å². The highest BCUT2D eigenvalue weighted by atomic mass is 32.2. The summed E-state index contributed by atoms with van der Waals surface area (Å²) in [7, 11) is -1.88. The van der Waals surface area contributed by atoms with E-state index in [9.17, 15) is 8.42 Å². The Morgan fingerprint density at radius 3 is 2.68 bits per heavy atom. The Morgan fingerprint density at radius 1 is 1.53 bits per heavy atom. The van der Waals surface area contributed by atoms with Gasteiger partial charge in [-0.1, -0.05) is 26.0 Å². The van der Waals surface area contributed by atoms with Crippen LogP contribution >= 0.6 is 0 Å². The van der Waals surface area contributed by atoms with Gasteiger partial charge in [0.2, 0.25) is 10.0 Å². The van der Waals surface area contributed by atoms with E-state index in [2.05, 4.69) is 16.9 Å². The molecule has 0 atom stereocenters. The third-order valence-electron chi connectivity index (χ3n) is 2.62. The molecule has 0 saturated heterocycles. The van der Waals surface area contributed by atoms with Crippen molar-refractivity contribution >= 4 is 10.0 Å². The van der Waals surface area contributed by atoms with Crippen molar-refractivity contribution in [2.75, 3.05) is 13.6 Å². The van der Waals surface area contributed by atoms with Crippen LogP contribution in [0.25, 0.3) is 0 Å². The number of likely N-dealkylation sites (N-methyl/N-ethyl adjacent to an activating group) is 1. The Labute approximate surface area is 115 Å². The Bertz CT molecular complexity index is 532. The van der Waals surface area contributed by atoms with E-state index in [1.54, 1.807) is 20.0 Å². The van der Waals surface area contributed by atoms with Gasteiger partial charge in [0.05, 0.1) is 4.90 Å². The van der Waals surface area contributed by atoms with Crippen LogP contribution in [0.2, 0.25) is 0 Å². The van der Waals surface area contributed by atoms with Gasteiger partial charge in [-0.05, 0) is 13.0 Å². The molecule has 19 heavy (non-hydrogen) atoms. The Morgan fingerprint density at radius 2 is 2.16 bits per heavy atom. The molecule has 0 spiro atoms. The highest BCUT2D eigenvalue weighted by Crippen LogP contribution is 2.16. The lowest BCUT2D eigenvalue weighted by molar-refractivity contribution is 0.493. The van der Waals surface area contributed by atoms with E-state index < -0.39 is 10.0 Å². The minimum Gasteiger partial charge on any atom is -0.363 e. The Balaban J connectivity index is 2.82. The molecule has 0 aliphatic heterocycles. The second kappa shape index (κ2) is 6.36. The Hall–Kier alpha value is -1.11. The number of hydrogen-bond acceptors (Lipinski definition) is 3. The van der Waals surface area contributed by atoms with E-state index in [0.29, 0.717) is 19.1 Å². The maximum Gasteiger partial charge on any atom is 0.244 e. The zero-order chi connectivity index (χ0) is 14.6. The van der Waals surface area contributed by atoms with E-state index >= 15 is 0 Å². The zero-order valence-corrected chi connectivity index (χ0v) is 12.8. The SMILES string of the molecule is C=C(C)CN(C)S(=O)(=O)c1c[nH]c(CNC(C)C)c1. The quantitative estimate of drug-likeness (QED) is 0.750. The lowest BCUT2D eigenvalue weighted by Gasteiger charge is -2.15. The topological polar surface area (TPSA) is 65.2 Å². The Kier molecular flexibility index (Phi) is 5.34. The van der Waals surface area contributed by atoms with Gasteiger partial charge in [0, 0.05) is 38.1 Å². The predicted octanol–water partition coefficient (Wildman–Crippen LogP) is 1.71. The van der Waals surface area contributed by atoms with Crippen LogP contribution < -0.4 is 5.32 Å². The monoisotopic (exact) mass is 285 g/mol. The van der Waals surface area contributed by atoms with Gasteiger partial charge in [-0.3, -0.25) is 0 Å². The van der Waals surface area contributed by atoms with Gasteiger partial charge in [0.1, 0.15) is 0 Å². The number of nitrogens with zero attached hydrogens (tertiary/aromatic N) is 1. The molecule has 1 aromatic rings. The van der Waals surface area contributed by atoms with Gasteiger partial charge < -0.3 is 10.3 Å².